The summed E-state index contributed by atoms with van der Waals surface area (Å²) in [6.07, 6.45) is 2.78. The molecule has 2 amide bonds. The van der Waals surface area contributed by atoms with E-state index < -0.39 is 0 Å². The first-order valence-corrected chi connectivity index (χ1v) is 6.89. The van der Waals surface area contributed by atoms with Crippen molar-refractivity contribution in [3.05, 3.63) is 29.8 Å². The fourth-order valence-corrected chi connectivity index (χ4v) is 2.21. The molecular formula is C15H20N2O3. The maximum absolute atomic E-state index is 11.9. The van der Waals surface area contributed by atoms with E-state index in [9.17, 15) is 9.59 Å². The van der Waals surface area contributed by atoms with E-state index in [1.165, 1.54) is 6.92 Å². The number of nitrogens with one attached hydrogen (secondary N) is 2. The number of aliphatic hydroxyl groups is 1. The highest BCUT2D eigenvalue weighted by atomic mass is 16.3. The first kappa shape index (κ1) is 14.5. The first-order valence-electron chi connectivity index (χ1n) is 6.89. The van der Waals surface area contributed by atoms with Gasteiger partial charge in [0.1, 0.15) is 0 Å². The average Bonchev–Trinajstić information content (AvgIpc) is 3.22. The summed E-state index contributed by atoms with van der Waals surface area (Å²) in [5, 5.41) is 14.6. The second-order valence-corrected chi connectivity index (χ2v) is 5.19. The van der Waals surface area contributed by atoms with E-state index in [1.54, 1.807) is 24.3 Å². The number of rotatable bonds is 6. The molecule has 0 radical (unpaired) electrons. The minimum absolute atomic E-state index is 0.0241. The normalized spacial score (nSPS) is 15.5. The van der Waals surface area contributed by atoms with Crippen molar-refractivity contribution in [2.45, 2.75) is 32.2 Å². The zero-order valence-corrected chi connectivity index (χ0v) is 11.6. The number of hydrogen-bond acceptors (Lipinski definition) is 3. The molecule has 5 heteroatoms. The van der Waals surface area contributed by atoms with E-state index >= 15 is 0 Å². The van der Waals surface area contributed by atoms with Crippen LogP contribution in [0.25, 0.3) is 0 Å². The van der Waals surface area contributed by atoms with Gasteiger partial charge in [-0.15, -0.1) is 0 Å². The summed E-state index contributed by atoms with van der Waals surface area (Å²) in [7, 11) is 0. The molecule has 3 N–H and O–H groups in total. The van der Waals surface area contributed by atoms with Crippen LogP contribution >= 0.6 is 0 Å². The molecule has 5 nitrogen and oxygen atoms in total. The fraction of sp³-hybridized carbons (Fsp3) is 0.467. The van der Waals surface area contributed by atoms with Crippen LogP contribution in [-0.4, -0.2) is 29.6 Å². The van der Waals surface area contributed by atoms with Gasteiger partial charge in [-0.1, -0.05) is 12.1 Å². The van der Waals surface area contributed by atoms with Crippen molar-refractivity contribution in [2.75, 3.05) is 11.9 Å². The van der Waals surface area contributed by atoms with Gasteiger partial charge in [0.25, 0.3) is 0 Å². The standard InChI is InChI=1S/C15H20N2O3/c1-10(19)12-3-2-4-13(9-12)16-15(20)17-14(7-8-18)11-5-6-11/h2-4,9,11,14,18H,5-8H2,1H3,(H2,16,17,20). The number of carbonyl (C=O) groups is 2. The Morgan fingerprint density at radius 1 is 1.40 bits per heavy atom. The third-order valence-electron chi connectivity index (χ3n) is 3.47. The van der Waals surface area contributed by atoms with E-state index in [-0.39, 0.29) is 24.5 Å². The fourth-order valence-electron chi connectivity index (χ4n) is 2.21. The van der Waals surface area contributed by atoms with Gasteiger partial charge in [0.15, 0.2) is 5.78 Å². The van der Waals surface area contributed by atoms with Crippen molar-refractivity contribution in [3.63, 3.8) is 0 Å². The Hall–Kier alpha value is -1.88. The SMILES string of the molecule is CC(=O)c1cccc(NC(=O)NC(CCO)C2CC2)c1. The van der Waals surface area contributed by atoms with Crippen molar-refractivity contribution in [2.24, 2.45) is 5.92 Å². The molecular weight excluding hydrogens is 256 g/mol. The number of ketones is 1. The number of urea groups is 1. The maximum atomic E-state index is 11.9. The van der Waals surface area contributed by atoms with Crippen molar-refractivity contribution in [3.8, 4) is 0 Å². The van der Waals surface area contributed by atoms with Crippen LogP contribution in [0.2, 0.25) is 0 Å². The number of hydrogen-bond donors (Lipinski definition) is 3. The lowest BCUT2D eigenvalue weighted by atomic mass is 10.1. The topological polar surface area (TPSA) is 78.4 Å². The highest BCUT2D eigenvalue weighted by Gasteiger charge is 2.31. The number of anilines is 1. The second kappa shape index (κ2) is 6.52. The molecule has 0 spiro atoms. The molecule has 1 aromatic carbocycles. The van der Waals surface area contributed by atoms with Gasteiger partial charge in [-0.3, -0.25) is 4.79 Å². The Kier molecular flexibility index (Phi) is 4.74. The third kappa shape index (κ3) is 4.06. The molecule has 0 aromatic heterocycles. The van der Waals surface area contributed by atoms with Crippen molar-refractivity contribution in [1.29, 1.82) is 0 Å². The molecule has 1 aliphatic rings. The lowest BCUT2D eigenvalue weighted by Gasteiger charge is -2.17. The van der Waals surface area contributed by atoms with Gasteiger partial charge >= 0.3 is 6.03 Å². The van der Waals surface area contributed by atoms with Crippen LogP contribution in [0.1, 0.15) is 36.5 Å². The Morgan fingerprint density at radius 2 is 2.15 bits per heavy atom. The van der Waals surface area contributed by atoms with Crippen LogP contribution in [0, 0.1) is 5.92 Å². The number of Topliss-reactive ketones (excluding diaryl/α,β-unsaturated/α-hetero) is 1. The van der Waals surface area contributed by atoms with Crippen LogP contribution in [0.15, 0.2) is 24.3 Å². The van der Waals surface area contributed by atoms with Gasteiger partial charge in [0, 0.05) is 23.9 Å². The second-order valence-electron chi connectivity index (χ2n) is 5.19. The Morgan fingerprint density at radius 3 is 2.75 bits per heavy atom. The van der Waals surface area contributed by atoms with Crippen molar-refractivity contribution >= 4 is 17.5 Å². The van der Waals surface area contributed by atoms with E-state index in [4.69, 9.17) is 5.11 Å². The molecule has 2 rings (SSSR count). The summed E-state index contributed by atoms with van der Waals surface area (Å²) >= 11 is 0. The summed E-state index contributed by atoms with van der Waals surface area (Å²) in [6, 6.07) is 6.57. The molecule has 1 atom stereocenters. The minimum Gasteiger partial charge on any atom is -0.396 e. The molecule has 1 unspecified atom stereocenters. The van der Waals surface area contributed by atoms with E-state index in [0.717, 1.165) is 12.8 Å². The lowest BCUT2D eigenvalue weighted by molar-refractivity contribution is 0.101. The van der Waals surface area contributed by atoms with Crippen LogP contribution in [0.5, 0.6) is 0 Å². The predicted molar refractivity (Wildman–Crippen MR) is 76.8 cm³/mol. The summed E-state index contributed by atoms with van der Waals surface area (Å²) in [4.78, 5) is 23.2. The van der Waals surface area contributed by atoms with Gasteiger partial charge in [0.05, 0.1) is 0 Å². The molecule has 1 aromatic rings. The molecule has 20 heavy (non-hydrogen) atoms. The van der Waals surface area contributed by atoms with Crippen molar-refractivity contribution < 1.29 is 14.7 Å². The molecule has 1 fully saturated rings. The summed E-state index contributed by atoms with van der Waals surface area (Å²) in [6.45, 7) is 1.56. The molecule has 0 heterocycles. The number of carbonyl (C=O) groups excluding carboxylic acids is 2. The summed E-state index contributed by atoms with van der Waals surface area (Å²) in [5.41, 5.74) is 1.16. The highest BCUT2D eigenvalue weighted by Crippen LogP contribution is 2.33. The third-order valence-corrected chi connectivity index (χ3v) is 3.47. The number of aliphatic hydroxyl groups excluding tert-OH is 1. The zero-order chi connectivity index (χ0) is 14.5. The number of amides is 2. The van der Waals surface area contributed by atoms with Gasteiger partial charge < -0.3 is 15.7 Å². The van der Waals surface area contributed by atoms with Crippen molar-refractivity contribution in [1.82, 2.24) is 5.32 Å². The molecule has 1 saturated carbocycles. The average molecular weight is 276 g/mol. The predicted octanol–water partition coefficient (Wildman–Crippen LogP) is 2.17. The lowest BCUT2D eigenvalue weighted by Crippen LogP contribution is -2.39. The smallest absolute Gasteiger partial charge is 0.319 e. The largest absolute Gasteiger partial charge is 0.396 e. The van der Waals surface area contributed by atoms with Gasteiger partial charge in [-0.05, 0) is 44.2 Å². The molecule has 108 valence electrons. The van der Waals surface area contributed by atoms with E-state index in [0.29, 0.717) is 23.6 Å². The van der Waals surface area contributed by atoms with Gasteiger partial charge in [0.2, 0.25) is 0 Å². The molecule has 1 aliphatic carbocycles. The molecule has 0 aliphatic heterocycles. The Balaban J connectivity index is 1.93. The first-order chi connectivity index (χ1) is 9.60. The molecule has 0 bridgehead atoms. The monoisotopic (exact) mass is 276 g/mol. The van der Waals surface area contributed by atoms with Crippen LogP contribution in [-0.2, 0) is 0 Å². The Labute approximate surface area is 118 Å². The highest BCUT2D eigenvalue weighted by molar-refractivity contribution is 5.96. The molecule has 0 saturated heterocycles. The van der Waals surface area contributed by atoms with Crippen LogP contribution < -0.4 is 10.6 Å². The van der Waals surface area contributed by atoms with Gasteiger partial charge in [-0.25, -0.2) is 4.79 Å². The number of benzene rings is 1. The quantitative estimate of drug-likeness (QED) is 0.697. The van der Waals surface area contributed by atoms with Crippen LogP contribution in [0.3, 0.4) is 0 Å². The van der Waals surface area contributed by atoms with Crippen LogP contribution in [0.4, 0.5) is 10.5 Å². The minimum atomic E-state index is -0.295. The summed E-state index contributed by atoms with van der Waals surface area (Å²) < 4.78 is 0. The Bertz CT molecular complexity index is 498. The van der Waals surface area contributed by atoms with Gasteiger partial charge in [-0.2, -0.15) is 0 Å². The van der Waals surface area contributed by atoms with E-state index in [2.05, 4.69) is 10.6 Å². The summed E-state index contributed by atoms with van der Waals surface area (Å²) in [5.74, 6) is 0.446. The maximum Gasteiger partial charge on any atom is 0.319 e. The van der Waals surface area contributed by atoms with E-state index in [1.807, 2.05) is 0 Å². The zero-order valence-electron chi connectivity index (χ0n) is 11.6.